The molecule has 3 heterocycles. The molecule has 182 valence electrons. The van der Waals surface area contributed by atoms with Gasteiger partial charge in [0.2, 0.25) is 0 Å². The molecule has 8 heteroatoms. The molecule has 0 aliphatic carbocycles. The van der Waals surface area contributed by atoms with E-state index in [9.17, 15) is 0 Å². The molecule has 0 atom stereocenters. The van der Waals surface area contributed by atoms with Crippen molar-refractivity contribution < 1.29 is 14.0 Å². The number of aryl methyl sites for hydroxylation is 3. The maximum Gasteiger partial charge on any atom is 0.140 e. The Labute approximate surface area is 206 Å². The molecule has 0 radical (unpaired) electrons. The first-order chi connectivity index (χ1) is 16.4. The monoisotopic (exact) mass is 482 g/mol. The Morgan fingerprint density at radius 2 is 1.76 bits per heavy atom. The molecule has 1 aromatic carbocycles. The Hall–Kier alpha value is -2.71. The molecule has 2 aromatic heterocycles. The van der Waals surface area contributed by atoms with Crippen LogP contribution in [0, 0.1) is 26.7 Å². The SMILES string of the molecule is Cc1nc(N2CCOCC2)ccc1N(CC(C)C)Sc1ccc(OCc2c(C)noc2C)cc1. The molecule has 1 aliphatic rings. The smallest absolute Gasteiger partial charge is 0.140 e. The zero-order valence-electron chi connectivity index (χ0n) is 20.7. The maximum atomic E-state index is 5.96. The van der Waals surface area contributed by atoms with Gasteiger partial charge in [-0.1, -0.05) is 19.0 Å². The fraction of sp³-hybridized carbons (Fsp3) is 0.462. The fourth-order valence-corrected chi connectivity index (χ4v) is 5.05. The van der Waals surface area contributed by atoms with E-state index in [0.29, 0.717) is 12.5 Å². The number of rotatable bonds is 9. The van der Waals surface area contributed by atoms with Gasteiger partial charge in [0.1, 0.15) is 23.9 Å². The van der Waals surface area contributed by atoms with Gasteiger partial charge in [0, 0.05) is 24.5 Å². The topological polar surface area (TPSA) is 63.9 Å². The highest BCUT2D eigenvalue weighted by atomic mass is 32.2. The number of ether oxygens (including phenoxy) is 2. The number of hydrogen-bond acceptors (Lipinski definition) is 8. The first kappa shape index (κ1) is 24.4. The van der Waals surface area contributed by atoms with Crippen LogP contribution < -0.4 is 13.9 Å². The summed E-state index contributed by atoms with van der Waals surface area (Å²) in [4.78, 5) is 8.37. The van der Waals surface area contributed by atoms with Crippen molar-refractivity contribution >= 4 is 23.5 Å². The van der Waals surface area contributed by atoms with E-state index in [-0.39, 0.29) is 0 Å². The third-order valence-corrected chi connectivity index (χ3v) is 6.83. The Morgan fingerprint density at radius 1 is 1.03 bits per heavy atom. The predicted molar refractivity (Wildman–Crippen MR) is 137 cm³/mol. The van der Waals surface area contributed by atoms with E-state index < -0.39 is 0 Å². The molecule has 0 bridgehead atoms. The normalized spacial score (nSPS) is 14.0. The van der Waals surface area contributed by atoms with Crippen molar-refractivity contribution in [2.45, 2.75) is 46.1 Å². The van der Waals surface area contributed by atoms with Crippen molar-refractivity contribution in [2.24, 2.45) is 5.92 Å². The molecule has 1 fully saturated rings. The van der Waals surface area contributed by atoms with Crippen molar-refractivity contribution in [3.05, 3.63) is 59.1 Å². The summed E-state index contributed by atoms with van der Waals surface area (Å²) in [6, 6.07) is 12.6. The van der Waals surface area contributed by atoms with Gasteiger partial charge in [-0.3, -0.25) is 0 Å². The number of pyridine rings is 1. The van der Waals surface area contributed by atoms with E-state index in [0.717, 1.165) is 77.7 Å². The van der Waals surface area contributed by atoms with Crippen LogP contribution in [-0.2, 0) is 11.3 Å². The zero-order valence-corrected chi connectivity index (χ0v) is 21.5. The number of aromatic nitrogens is 2. The molecule has 0 saturated carbocycles. The summed E-state index contributed by atoms with van der Waals surface area (Å²) >= 11 is 1.73. The van der Waals surface area contributed by atoms with Crippen molar-refractivity contribution in [1.29, 1.82) is 0 Å². The Bertz CT molecular complexity index is 1060. The van der Waals surface area contributed by atoms with Crippen molar-refractivity contribution in [3.63, 3.8) is 0 Å². The summed E-state index contributed by atoms with van der Waals surface area (Å²) in [5.74, 6) is 3.17. The lowest BCUT2D eigenvalue weighted by atomic mass is 10.2. The zero-order chi connectivity index (χ0) is 24.1. The van der Waals surface area contributed by atoms with Crippen molar-refractivity contribution in [3.8, 4) is 5.75 Å². The molecule has 0 N–H and O–H groups in total. The lowest BCUT2D eigenvalue weighted by molar-refractivity contribution is 0.122. The number of nitrogens with zero attached hydrogens (tertiary/aromatic N) is 4. The molecule has 1 aliphatic heterocycles. The number of benzene rings is 1. The first-order valence-electron chi connectivity index (χ1n) is 11.8. The van der Waals surface area contributed by atoms with Crippen LogP contribution in [0.1, 0.15) is 36.6 Å². The lowest BCUT2D eigenvalue weighted by Crippen LogP contribution is -2.36. The molecule has 0 unspecified atom stereocenters. The van der Waals surface area contributed by atoms with Gasteiger partial charge in [0.15, 0.2) is 0 Å². The van der Waals surface area contributed by atoms with Crippen LogP contribution in [0.25, 0.3) is 0 Å². The van der Waals surface area contributed by atoms with E-state index in [1.165, 1.54) is 0 Å². The van der Waals surface area contributed by atoms with Crippen LogP contribution in [0.15, 0.2) is 45.8 Å². The molecular formula is C26H34N4O3S. The highest BCUT2D eigenvalue weighted by Gasteiger charge is 2.18. The van der Waals surface area contributed by atoms with Gasteiger partial charge in [-0.2, -0.15) is 0 Å². The molecule has 34 heavy (non-hydrogen) atoms. The second-order valence-electron chi connectivity index (χ2n) is 8.98. The van der Waals surface area contributed by atoms with E-state index in [1.807, 2.05) is 26.0 Å². The fourth-order valence-electron chi connectivity index (χ4n) is 3.88. The van der Waals surface area contributed by atoms with Gasteiger partial charge in [-0.05, 0) is 75.0 Å². The Kier molecular flexibility index (Phi) is 8.00. The molecule has 3 aromatic rings. The number of anilines is 2. The highest BCUT2D eigenvalue weighted by Crippen LogP contribution is 2.33. The molecule has 0 amide bonds. The summed E-state index contributed by atoms with van der Waals surface area (Å²) in [5.41, 5.74) is 4.06. The van der Waals surface area contributed by atoms with Crippen molar-refractivity contribution in [2.75, 3.05) is 42.1 Å². The Balaban J connectivity index is 1.44. The van der Waals surface area contributed by atoms with Crippen LogP contribution in [0.4, 0.5) is 11.5 Å². The summed E-state index contributed by atoms with van der Waals surface area (Å²) in [6.45, 7) is 15.1. The average molecular weight is 483 g/mol. The molecular weight excluding hydrogens is 448 g/mol. The first-order valence-corrected chi connectivity index (χ1v) is 12.6. The lowest BCUT2D eigenvalue weighted by Gasteiger charge is -2.30. The van der Waals surface area contributed by atoms with E-state index >= 15 is 0 Å². The van der Waals surface area contributed by atoms with Gasteiger partial charge in [0.05, 0.1) is 35.9 Å². The van der Waals surface area contributed by atoms with Gasteiger partial charge >= 0.3 is 0 Å². The standard InChI is InChI=1S/C26H34N4O3S/c1-18(2)16-30(25-10-11-26(27-20(25)4)29-12-14-31-15-13-29)34-23-8-6-22(7-9-23)32-17-24-19(3)28-33-21(24)5/h6-11,18H,12-17H2,1-5H3. The summed E-state index contributed by atoms with van der Waals surface area (Å²) in [5, 5.41) is 3.99. The maximum absolute atomic E-state index is 5.96. The van der Waals surface area contributed by atoms with Gasteiger partial charge in [0.25, 0.3) is 0 Å². The average Bonchev–Trinajstić information content (AvgIpc) is 3.15. The minimum absolute atomic E-state index is 0.452. The summed E-state index contributed by atoms with van der Waals surface area (Å²) in [6.07, 6.45) is 0. The molecule has 4 rings (SSSR count). The third-order valence-electron chi connectivity index (χ3n) is 5.78. The minimum Gasteiger partial charge on any atom is -0.489 e. The van der Waals surface area contributed by atoms with Crippen LogP contribution in [0.3, 0.4) is 0 Å². The van der Waals surface area contributed by atoms with Gasteiger partial charge in [-0.15, -0.1) is 0 Å². The van der Waals surface area contributed by atoms with Crippen LogP contribution in [0.2, 0.25) is 0 Å². The summed E-state index contributed by atoms with van der Waals surface area (Å²) in [7, 11) is 0. The minimum atomic E-state index is 0.452. The van der Waals surface area contributed by atoms with Crippen LogP contribution in [0.5, 0.6) is 5.75 Å². The van der Waals surface area contributed by atoms with E-state index in [1.54, 1.807) is 11.9 Å². The van der Waals surface area contributed by atoms with Crippen LogP contribution in [-0.4, -0.2) is 43.0 Å². The third kappa shape index (κ3) is 6.04. The van der Waals surface area contributed by atoms with E-state index in [4.69, 9.17) is 19.0 Å². The van der Waals surface area contributed by atoms with Gasteiger partial charge < -0.3 is 23.2 Å². The molecule has 1 saturated heterocycles. The second kappa shape index (κ2) is 11.1. The second-order valence-corrected chi connectivity index (χ2v) is 10.1. The number of hydrogen-bond donors (Lipinski definition) is 0. The predicted octanol–water partition coefficient (Wildman–Crippen LogP) is 5.58. The molecule has 0 spiro atoms. The van der Waals surface area contributed by atoms with Crippen molar-refractivity contribution in [1.82, 2.24) is 10.1 Å². The van der Waals surface area contributed by atoms with Crippen LogP contribution >= 0.6 is 11.9 Å². The van der Waals surface area contributed by atoms with E-state index in [2.05, 4.69) is 59.4 Å². The molecule has 7 nitrogen and oxygen atoms in total. The Morgan fingerprint density at radius 3 is 2.38 bits per heavy atom. The largest absolute Gasteiger partial charge is 0.489 e. The highest BCUT2D eigenvalue weighted by molar-refractivity contribution is 8.00. The number of morpholine rings is 1. The van der Waals surface area contributed by atoms with Gasteiger partial charge in [-0.25, -0.2) is 4.98 Å². The summed E-state index contributed by atoms with van der Waals surface area (Å²) < 4.78 is 19.0. The quantitative estimate of drug-likeness (QED) is 0.366.